The molecule has 0 unspecified atom stereocenters. The fourth-order valence-electron chi connectivity index (χ4n) is 3.65. The van der Waals surface area contributed by atoms with E-state index in [1.54, 1.807) is 29.3 Å². The summed E-state index contributed by atoms with van der Waals surface area (Å²) >= 11 is 0. The van der Waals surface area contributed by atoms with Crippen molar-refractivity contribution < 1.29 is 18.7 Å². The lowest BCUT2D eigenvalue weighted by molar-refractivity contribution is 0.0592. The Hall–Kier alpha value is -3.39. The Morgan fingerprint density at radius 3 is 2.87 bits per heavy atom. The van der Waals surface area contributed by atoms with Gasteiger partial charge >= 0.3 is 5.97 Å². The topological polar surface area (TPSA) is 86.8 Å². The van der Waals surface area contributed by atoms with Gasteiger partial charge in [-0.2, -0.15) is 0 Å². The second-order valence-electron chi connectivity index (χ2n) is 7.07. The van der Waals surface area contributed by atoms with Crippen molar-refractivity contribution in [3.05, 3.63) is 81.9 Å². The van der Waals surface area contributed by atoms with Gasteiger partial charge in [0.1, 0.15) is 23.7 Å². The van der Waals surface area contributed by atoms with Crippen LogP contribution in [0.4, 0.5) is 0 Å². The molecule has 8 heteroatoms. The number of fused-ring (bicyclic) bond motifs is 1. The van der Waals surface area contributed by atoms with E-state index in [1.165, 1.54) is 13.2 Å². The van der Waals surface area contributed by atoms with Gasteiger partial charge < -0.3 is 18.5 Å². The average molecular weight is 409 g/mol. The Labute approximate surface area is 173 Å². The molecule has 0 aromatic carbocycles. The predicted octanol–water partition coefficient (Wildman–Crippen LogP) is 2.26. The number of ether oxygens (including phenoxy) is 2. The van der Waals surface area contributed by atoms with Gasteiger partial charge in [0, 0.05) is 55.8 Å². The Morgan fingerprint density at radius 1 is 1.23 bits per heavy atom. The minimum atomic E-state index is -0.514. The van der Waals surface area contributed by atoms with Crippen LogP contribution in [0.15, 0.2) is 58.2 Å². The number of nitrogens with zero attached hydrogens (tertiary/aromatic N) is 3. The van der Waals surface area contributed by atoms with Gasteiger partial charge in [0.2, 0.25) is 0 Å². The third kappa shape index (κ3) is 4.28. The first-order valence-corrected chi connectivity index (χ1v) is 9.77. The van der Waals surface area contributed by atoms with Crippen LogP contribution in [-0.4, -0.2) is 40.6 Å². The lowest BCUT2D eigenvalue weighted by Gasteiger charge is -2.17. The van der Waals surface area contributed by atoms with Crippen molar-refractivity contribution in [2.24, 2.45) is 0 Å². The monoisotopic (exact) mass is 409 g/mol. The number of hydrogen-bond acceptors (Lipinski definition) is 7. The Balaban J connectivity index is 1.63. The van der Waals surface area contributed by atoms with E-state index in [1.807, 2.05) is 18.2 Å². The van der Waals surface area contributed by atoms with Gasteiger partial charge in [-0.05, 0) is 18.2 Å². The highest BCUT2D eigenvalue weighted by Crippen LogP contribution is 2.25. The summed E-state index contributed by atoms with van der Waals surface area (Å²) in [6, 6.07) is 8.82. The molecule has 0 bridgehead atoms. The number of pyridine rings is 2. The quantitative estimate of drug-likeness (QED) is 0.577. The number of hydrogen-bond donors (Lipinski definition) is 0. The summed E-state index contributed by atoms with van der Waals surface area (Å²) in [5.41, 5.74) is 1.59. The van der Waals surface area contributed by atoms with Crippen LogP contribution in [0.3, 0.4) is 0 Å². The third-order valence-electron chi connectivity index (χ3n) is 5.15. The summed E-state index contributed by atoms with van der Waals surface area (Å²) in [6.45, 7) is 2.67. The maximum absolute atomic E-state index is 12.8. The standard InChI is InChI=1S/C22H23N3O5/c1-28-22(27)21-18-6-8-24(14-17-5-3-11-29-17)9-10-25(18)20(26)12-19(21)30-15-16-4-2-7-23-13-16/h2-5,7,11-13H,6,8-10,14-15H2,1H3. The highest BCUT2D eigenvalue weighted by molar-refractivity contribution is 5.93. The molecule has 8 nitrogen and oxygen atoms in total. The molecule has 1 aliphatic heterocycles. The van der Waals surface area contributed by atoms with E-state index < -0.39 is 5.97 Å². The van der Waals surface area contributed by atoms with Gasteiger partial charge in [-0.25, -0.2) is 4.79 Å². The number of esters is 1. The molecule has 0 radical (unpaired) electrons. The fourth-order valence-corrected chi connectivity index (χ4v) is 3.65. The molecule has 0 saturated carbocycles. The van der Waals surface area contributed by atoms with Crippen LogP contribution < -0.4 is 10.3 Å². The van der Waals surface area contributed by atoms with Gasteiger partial charge in [-0.15, -0.1) is 0 Å². The minimum absolute atomic E-state index is 0.196. The maximum atomic E-state index is 12.8. The molecule has 0 spiro atoms. The SMILES string of the molecule is COC(=O)c1c(OCc2cccnc2)cc(=O)n2c1CCN(Cc1ccco1)CC2. The van der Waals surface area contributed by atoms with Crippen LogP contribution in [0.5, 0.6) is 5.75 Å². The summed E-state index contributed by atoms with van der Waals surface area (Å²) in [4.78, 5) is 31.7. The molecular formula is C22H23N3O5. The average Bonchev–Trinajstić information content (AvgIpc) is 3.19. The number of methoxy groups -OCH3 is 1. The molecule has 156 valence electrons. The van der Waals surface area contributed by atoms with Crippen molar-refractivity contribution in [3.8, 4) is 5.75 Å². The molecule has 0 aliphatic carbocycles. The molecular weight excluding hydrogens is 386 g/mol. The van der Waals surface area contributed by atoms with Crippen LogP contribution in [0.25, 0.3) is 0 Å². The van der Waals surface area contributed by atoms with Crippen LogP contribution in [0.1, 0.15) is 27.4 Å². The summed E-state index contributed by atoms with van der Waals surface area (Å²) in [6.07, 6.45) is 5.52. The number of furan rings is 1. The van der Waals surface area contributed by atoms with Gasteiger partial charge in [0.05, 0.1) is 19.9 Å². The molecule has 0 fully saturated rings. The first-order chi connectivity index (χ1) is 14.7. The Morgan fingerprint density at radius 2 is 2.13 bits per heavy atom. The summed E-state index contributed by atoms with van der Waals surface area (Å²) in [7, 11) is 1.33. The normalized spacial score (nSPS) is 14.0. The lowest BCUT2D eigenvalue weighted by Crippen LogP contribution is -2.29. The Bertz CT molecular complexity index is 1060. The van der Waals surface area contributed by atoms with Gasteiger partial charge in [0.25, 0.3) is 5.56 Å². The van der Waals surface area contributed by atoms with Crippen molar-refractivity contribution in [2.75, 3.05) is 20.2 Å². The fraction of sp³-hybridized carbons (Fsp3) is 0.318. The van der Waals surface area contributed by atoms with E-state index in [4.69, 9.17) is 13.9 Å². The number of rotatable bonds is 6. The smallest absolute Gasteiger partial charge is 0.343 e. The second kappa shape index (κ2) is 8.96. The number of aromatic nitrogens is 2. The molecule has 4 heterocycles. The van der Waals surface area contributed by atoms with Gasteiger partial charge in [-0.3, -0.25) is 14.7 Å². The second-order valence-corrected chi connectivity index (χ2v) is 7.07. The highest BCUT2D eigenvalue weighted by atomic mass is 16.5. The molecule has 0 saturated heterocycles. The van der Waals surface area contributed by atoms with Crippen molar-refractivity contribution in [1.82, 2.24) is 14.5 Å². The van der Waals surface area contributed by atoms with Crippen molar-refractivity contribution in [1.29, 1.82) is 0 Å². The molecule has 0 amide bonds. The van der Waals surface area contributed by atoms with E-state index in [-0.39, 0.29) is 17.9 Å². The molecule has 3 aromatic rings. The van der Waals surface area contributed by atoms with E-state index in [2.05, 4.69) is 9.88 Å². The first kappa shape index (κ1) is 19.9. The van der Waals surface area contributed by atoms with Gasteiger partial charge in [-0.1, -0.05) is 6.07 Å². The van der Waals surface area contributed by atoms with Crippen molar-refractivity contribution in [3.63, 3.8) is 0 Å². The van der Waals surface area contributed by atoms with Crippen LogP contribution >= 0.6 is 0 Å². The lowest BCUT2D eigenvalue weighted by atomic mass is 10.1. The summed E-state index contributed by atoms with van der Waals surface area (Å²) < 4.78 is 18.0. The van der Waals surface area contributed by atoms with Crippen LogP contribution in [-0.2, 0) is 30.9 Å². The van der Waals surface area contributed by atoms with E-state index >= 15 is 0 Å². The summed E-state index contributed by atoms with van der Waals surface area (Å²) in [5, 5.41) is 0. The molecule has 4 rings (SSSR count). The molecule has 30 heavy (non-hydrogen) atoms. The van der Waals surface area contributed by atoms with E-state index in [0.29, 0.717) is 43.9 Å². The zero-order chi connectivity index (χ0) is 20.9. The first-order valence-electron chi connectivity index (χ1n) is 9.77. The van der Waals surface area contributed by atoms with E-state index in [0.717, 1.165) is 11.3 Å². The molecule has 0 atom stereocenters. The minimum Gasteiger partial charge on any atom is -0.488 e. The summed E-state index contributed by atoms with van der Waals surface area (Å²) in [5.74, 6) is 0.586. The Kier molecular flexibility index (Phi) is 5.94. The van der Waals surface area contributed by atoms with Crippen LogP contribution in [0.2, 0.25) is 0 Å². The number of carbonyl (C=O) groups excluding carboxylic acids is 1. The molecule has 1 aliphatic rings. The third-order valence-corrected chi connectivity index (χ3v) is 5.15. The molecule has 0 N–H and O–H groups in total. The van der Waals surface area contributed by atoms with E-state index in [9.17, 15) is 9.59 Å². The van der Waals surface area contributed by atoms with Gasteiger partial charge in [0.15, 0.2) is 0 Å². The predicted molar refractivity (Wildman–Crippen MR) is 108 cm³/mol. The zero-order valence-electron chi connectivity index (χ0n) is 16.7. The van der Waals surface area contributed by atoms with Crippen molar-refractivity contribution in [2.45, 2.75) is 26.1 Å². The highest BCUT2D eigenvalue weighted by Gasteiger charge is 2.26. The number of carbonyl (C=O) groups is 1. The largest absolute Gasteiger partial charge is 0.488 e. The maximum Gasteiger partial charge on any atom is 0.343 e. The zero-order valence-corrected chi connectivity index (χ0v) is 16.7. The molecule has 3 aromatic heterocycles. The van der Waals surface area contributed by atoms with Crippen LogP contribution in [0, 0.1) is 0 Å². The van der Waals surface area contributed by atoms with Crippen molar-refractivity contribution >= 4 is 5.97 Å².